The molecule has 5 rings (SSSR count). The molecule has 0 unspecified atom stereocenters. The van der Waals surface area contributed by atoms with Gasteiger partial charge in [-0.3, -0.25) is 5.43 Å². The van der Waals surface area contributed by atoms with E-state index in [9.17, 15) is 0 Å². The molecule has 0 spiro atoms. The van der Waals surface area contributed by atoms with Gasteiger partial charge < -0.3 is 9.47 Å². The lowest BCUT2D eigenvalue weighted by Gasteiger charge is -2.10. The number of nitrogens with zero attached hydrogens (tertiary/aromatic N) is 2. The molecule has 0 atom stereocenters. The molecular weight excluding hydrogens is 410 g/mol. The topological polar surface area (TPSA) is 55.7 Å². The van der Waals surface area contributed by atoms with E-state index in [1.165, 1.54) is 0 Å². The first kappa shape index (κ1) is 20.5. The number of hydrogen-bond acceptors (Lipinski definition) is 5. The summed E-state index contributed by atoms with van der Waals surface area (Å²) in [5.74, 6) is 1.62. The molecule has 0 saturated carbocycles. The van der Waals surface area contributed by atoms with E-state index in [0.29, 0.717) is 0 Å². The third-order valence-electron chi connectivity index (χ3n) is 5.61. The number of hydrogen-bond donors (Lipinski definition) is 1. The summed E-state index contributed by atoms with van der Waals surface area (Å²) in [6.45, 7) is 0. The average molecular weight is 434 g/mol. The van der Waals surface area contributed by atoms with Gasteiger partial charge in [0.15, 0.2) is 0 Å². The number of benzene rings is 4. The molecule has 4 aromatic carbocycles. The minimum absolute atomic E-state index is 0.806. The van der Waals surface area contributed by atoms with Crippen LogP contribution in [0.15, 0.2) is 96.1 Å². The molecule has 5 nitrogen and oxygen atoms in total. The van der Waals surface area contributed by atoms with Crippen LogP contribution in [0.1, 0.15) is 5.56 Å². The van der Waals surface area contributed by atoms with Crippen LogP contribution < -0.4 is 14.9 Å². The second-order valence-corrected chi connectivity index (χ2v) is 7.61. The van der Waals surface area contributed by atoms with E-state index in [2.05, 4.69) is 40.9 Å². The molecule has 0 amide bonds. The summed E-state index contributed by atoms with van der Waals surface area (Å²) in [6, 6.07) is 30.2. The first-order valence-electron chi connectivity index (χ1n) is 10.7. The van der Waals surface area contributed by atoms with Crippen LogP contribution >= 0.6 is 0 Å². The fourth-order valence-corrected chi connectivity index (χ4v) is 3.84. The molecule has 0 bridgehead atoms. The monoisotopic (exact) mass is 433 g/mol. The Balaban J connectivity index is 1.59. The molecule has 0 aliphatic heterocycles. The second-order valence-electron chi connectivity index (χ2n) is 7.61. The van der Waals surface area contributed by atoms with Crippen molar-refractivity contribution in [3.63, 3.8) is 0 Å². The van der Waals surface area contributed by atoms with E-state index in [1.807, 2.05) is 66.9 Å². The first-order valence-corrected chi connectivity index (χ1v) is 10.7. The zero-order chi connectivity index (χ0) is 22.6. The lowest BCUT2D eigenvalue weighted by molar-refractivity contribution is 0.415. The van der Waals surface area contributed by atoms with Gasteiger partial charge in [0, 0.05) is 21.9 Å². The number of rotatable bonds is 6. The molecule has 1 heterocycles. The summed E-state index contributed by atoms with van der Waals surface area (Å²) in [7, 11) is 3.32. The summed E-state index contributed by atoms with van der Waals surface area (Å²) >= 11 is 0. The van der Waals surface area contributed by atoms with Crippen LogP contribution in [0.5, 0.6) is 11.5 Å². The number of aromatic nitrogens is 1. The Labute approximate surface area is 192 Å². The van der Waals surface area contributed by atoms with Gasteiger partial charge in [0.25, 0.3) is 0 Å². The zero-order valence-electron chi connectivity index (χ0n) is 18.4. The molecule has 5 heteroatoms. The molecule has 33 heavy (non-hydrogen) atoms. The van der Waals surface area contributed by atoms with Crippen molar-refractivity contribution >= 4 is 33.6 Å². The molecule has 162 valence electrons. The Kier molecular flexibility index (Phi) is 5.60. The summed E-state index contributed by atoms with van der Waals surface area (Å²) in [4.78, 5) is 5.04. The van der Waals surface area contributed by atoms with Crippen molar-refractivity contribution < 1.29 is 9.47 Å². The van der Waals surface area contributed by atoms with Gasteiger partial charge in [-0.2, -0.15) is 5.10 Å². The standard InChI is InChI=1S/C28H23N3O2/c1-32-23-12-7-20(8-13-23)27-17-21(18-29-31-22-10-14-24(33-2)15-11-22)26-16-9-19-5-3-4-6-25(19)28(26)30-27/h3-18,31H,1-2H3. The fourth-order valence-electron chi connectivity index (χ4n) is 3.84. The summed E-state index contributed by atoms with van der Waals surface area (Å²) in [5, 5.41) is 7.81. The molecule has 0 radical (unpaired) electrons. The molecule has 0 aliphatic carbocycles. The highest BCUT2D eigenvalue weighted by atomic mass is 16.5. The lowest BCUT2D eigenvalue weighted by Crippen LogP contribution is -1.96. The molecule has 1 aromatic heterocycles. The van der Waals surface area contributed by atoms with Crippen molar-refractivity contribution in [2.24, 2.45) is 5.10 Å². The Morgan fingerprint density at radius 3 is 2.18 bits per heavy atom. The Hall–Kier alpha value is -4.38. The predicted molar refractivity (Wildman–Crippen MR) is 135 cm³/mol. The summed E-state index contributed by atoms with van der Waals surface area (Å²) < 4.78 is 10.5. The van der Waals surface area contributed by atoms with Crippen molar-refractivity contribution in [3.8, 4) is 22.8 Å². The normalized spacial score (nSPS) is 11.2. The van der Waals surface area contributed by atoms with Crippen LogP contribution in [0.2, 0.25) is 0 Å². The third kappa shape index (κ3) is 4.21. The van der Waals surface area contributed by atoms with Crippen molar-refractivity contribution in [3.05, 3.63) is 96.6 Å². The largest absolute Gasteiger partial charge is 0.497 e. The van der Waals surface area contributed by atoms with E-state index >= 15 is 0 Å². The van der Waals surface area contributed by atoms with E-state index in [-0.39, 0.29) is 0 Å². The summed E-state index contributed by atoms with van der Waals surface area (Å²) in [5.41, 5.74) is 7.81. The van der Waals surface area contributed by atoms with E-state index in [4.69, 9.17) is 14.5 Å². The van der Waals surface area contributed by atoms with Crippen molar-refractivity contribution in [1.82, 2.24) is 4.98 Å². The van der Waals surface area contributed by atoms with Crippen LogP contribution in [-0.4, -0.2) is 25.4 Å². The van der Waals surface area contributed by atoms with Crippen LogP contribution in [0.4, 0.5) is 5.69 Å². The minimum atomic E-state index is 0.806. The van der Waals surface area contributed by atoms with Gasteiger partial charge in [-0.1, -0.05) is 36.4 Å². The summed E-state index contributed by atoms with van der Waals surface area (Å²) in [6.07, 6.45) is 1.84. The molecule has 5 aromatic rings. The maximum atomic E-state index is 5.31. The minimum Gasteiger partial charge on any atom is -0.497 e. The van der Waals surface area contributed by atoms with E-state index in [0.717, 1.165) is 55.7 Å². The molecular formula is C28H23N3O2. The maximum Gasteiger partial charge on any atom is 0.119 e. The second kappa shape index (κ2) is 9.01. The number of methoxy groups -OCH3 is 2. The van der Waals surface area contributed by atoms with Crippen molar-refractivity contribution in [2.45, 2.75) is 0 Å². The van der Waals surface area contributed by atoms with Gasteiger partial charge in [-0.25, -0.2) is 4.98 Å². The number of ether oxygens (including phenoxy) is 2. The molecule has 0 fully saturated rings. The fraction of sp³-hybridized carbons (Fsp3) is 0.0714. The van der Waals surface area contributed by atoms with Crippen LogP contribution in [0, 0.1) is 0 Å². The quantitative estimate of drug-likeness (QED) is 0.188. The van der Waals surface area contributed by atoms with Gasteiger partial charge >= 0.3 is 0 Å². The van der Waals surface area contributed by atoms with Gasteiger partial charge in [-0.15, -0.1) is 0 Å². The van der Waals surface area contributed by atoms with Gasteiger partial charge in [-0.05, 0) is 60.0 Å². The number of nitrogens with one attached hydrogen (secondary N) is 1. The third-order valence-corrected chi connectivity index (χ3v) is 5.61. The molecule has 1 N–H and O–H groups in total. The maximum absolute atomic E-state index is 5.31. The Morgan fingerprint density at radius 1 is 0.758 bits per heavy atom. The van der Waals surface area contributed by atoms with Crippen LogP contribution in [0.25, 0.3) is 32.9 Å². The van der Waals surface area contributed by atoms with Gasteiger partial charge in [0.05, 0.1) is 37.3 Å². The predicted octanol–water partition coefficient (Wildman–Crippen LogP) is 6.52. The lowest BCUT2D eigenvalue weighted by atomic mass is 10.0. The van der Waals surface area contributed by atoms with Crippen LogP contribution in [-0.2, 0) is 0 Å². The molecule has 0 aliphatic rings. The van der Waals surface area contributed by atoms with Gasteiger partial charge in [0.1, 0.15) is 11.5 Å². The zero-order valence-corrected chi connectivity index (χ0v) is 18.4. The number of fused-ring (bicyclic) bond motifs is 3. The van der Waals surface area contributed by atoms with Crippen LogP contribution in [0.3, 0.4) is 0 Å². The number of anilines is 1. The van der Waals surface area contributed by atoms with E-state index in [1.54, 1.807) is 14.2 Å². The highest BCUT2D eigenvalue weighted by Crippen LogP contribution is 2.30. The van der Waals surface area contributed by atoms with E-state index < -0.39 is 0 Å². The highest BCUT2D eigenvalue weighted by molar-refractivity contribution is 6.11. The Bertz CT molecular complexity index is 1440. The first-order chi connectivity index (χ1) is 16.2. The smallest absolute Gasteiger partial charge is 0.119 e. The Morgan fingerprint density at radius 2 is 1.45 bits per heavy atom. The number of hydrazone groups is 1. The van der Waals surface area contributed by atoms with Gasteiger partial charge in [0.2, 0.25) is 0 Å². The van der Waals surface area contributed by atoms with Crippen molar-refractivity contribution in [2.75, 3.05) is 19.6 Å². The number of pyridine rings is 1. The average Bonchev–Trinajstić information content (AvgIpc) is 2.89. The SMILES string of the molecule is COc1ccc(NN=Cc2cc(-c3ccc(OC)cc3)nc3c2ccc2ccccc23)cc1. The highest BCUT2D eigenvalue weighted by Gasteiger charge is 2.10. The van der Waals surface area contributed by atoms with Crippen molar-refractivity contribution in [1.29, 1.82) is 0 Å². The molecule has 0 saturated heterocycles.